The molecule has 0 aromatic heterocycles. The SMILES string of the molecule is CPN1C(=O)CCC1=O. The second-order valence-electron chi connectivity index (χ2n) is 1.85. The summed E-state index contributed by atoms with van der Waals surface area (Å²) < 4.78 is 1.32. The second kappa shape index (κ2) is 2.44. The van der Waals surface area contributed by atoms with Crippen molar-refractivity contribution in [3.63, 3.8) is 0 Å². The molecule has 0 bridgehead atoms. The maximum absolute atomic E-state index is 10.7. The van der Waals surface area contributed by atoms with Gasteiger partial charge in [0.2, 0.25) is 11.8 Å². The van der Waals surface area contributed by atoms with Crippen molar-refractivity contribution in [2.45, 2.75) is 12.8 Å². The van der Waals surface area contributed by atoms with E-state index in [1.807, 2.05) is 6.66 Å². The van der Waals surface area contributed by atoms with Crippen molar-refractivity contribution >= 4 is 20.5 Å². The van der Waals surface area contributed by atoms with Crippen LogP contribution in [0.3, 0.4) is 0 Å². The van der Waals surface area contributed by atoms with Gasteiger partial charge in [0.25, 0.3) is 0 Å². The van der Waals surface area contributed by atoms with E-state index in [1.54, 1.807) is 0 Å². The maximum Gasteiger partial charge on any atom is 0.232 e. The summed E-state index contributed by atoms with van der Waals surface area (Å²) in [5.74, 6) is -0.0262. The fourth-order valence-electron chi connectivity index (χ4n) is 0.826. The summed E-state index contributed by atoms with van der Waals surface area (Å²) in [5.41, 5.74) is 0. The summed E-state index contributed by atoms with van der Waals surface area (Å²) in [6.07, 6.45) is 0.833. The normalized spacial score (nSPS) is 20.8. The maximum atomic E-state index is 10.7. The second-order valence-corrected chi connectivity index (χ2v) is 2.74. The van der Waals surface area contributed by atoms with Gasteiger partial charge in [-0.3, -0.25) is 14.3 Å². The van der Waals surface area contributed by atoms with Gasteiger partial charge in [0.15, 0.2) is 0 Å². The van der Waals surface area contributed by atoms with Gasteiger partial charge in [0.1, 0.15) is 0 Å². The van der Waals surface area contributed by atoms with Gasteiger partial charge in [-0.15, -0.1) is 0 Å². The van der Waals surface area contributed by atoms with E-state index in [1.165, 1.54) is 4.67 Å². The fourth-order valence-corrected chi connectivity index (χ4v) is 1.55. The molecule has 1 unspecified atom stereocenters. The Morgan fingerprint density at radius 3 is 2.00 bits per heavy atom. The minimum absolute atomic E-state index is 0.0131. The van der Waals surface area contributed by atoms with Crippen molar-refractivity contribution in [3.8, 4) is 0 Å². The third kappa shape index (κ3) is 1.11. The number of carbonyl (C=O) groups is 2. The van der Waals surface area contributed by atoms with Crippen LogP contribution >= 0.6 is 8.73 Å². The number of nitrogens with zero attached hydrogens (tertiary/aromatic N) is 1. The molecule has 3 nitrogen and oxygen atoms in total. The molecular formula is C5H8NO2P. The van der Waals surface area contributed by atoms with Gasteiger partial charge in [0, 0.05) is 12.8 Å². The van der Waals surface area contributed by atoms with Gasteiger partial charge in [-0.1, -0.05) is 0 Å². The quantitative estimate of drug-likeness (QED) is 0.394. The van der Waals surface area contributed by atoms with Crippen LogP contribution in [0.2, 0.25) is 0 Å². The van der Waals surface area contributed by atoms with Crippen LogP contribution in [0.25, 0.3) is 0 Å². The van der Waals surface area contributed by atoms with Crippen molar-refractivity contribution in [3.05, 3.63) is 0 Å². The summed E-state index contributed by atoms with van der Waals surface area (Å²) in [5, 5.41) is 0. The predicted molar refractivity (Wildman–Crippen MR) is 35.3 cm³/mol. The Bertz CT molecular complexity index is 141. The molecule has 0 aromatic carbocycles. The molecule has 1 heterocycles. The molecule has 0 saturated carbocycles. The van der Waals surface area contributed by atoms with E-state index in [0.717, 1.165) is 0 Å². The first-order valence-electron chi connectivity index (χ1n) is 2.79. The molecule has 50 valence electrons. The summed E-state index contributed by atoms with van der Waals surface area (Å²) in [7, 11) is 0.306. The minimum Gasteiger partial charge on any atom is -0.274 e. The molecule has 4 heteroatoms. The zero-order valence-corrected chi connectivity index (χ0v) is 6.18. The Morgan fingerprint density at radius 1 is 1.33 bits per heavy atom. The number of hydrogen-bond donors (Lipinski definition) is 0. The monoisotopic (exact) mass is 145 g/mol. The lowest BCUT2D eigenvalue weighted by Gasteiger charge is -2.07. The van der Waals surface area contributed by atoms with Gasteiger partial charge >= 0.3 is 0 Å². The zero-order valence-electron chi connectivity index (χ0n) is 5.18. The predicted octanol–water partition coefficient (Wildman–Crippen LogP) is 0.359. The van der Waals surface area contributed by atoms with E-state index in [0.29, 0.717) is 21.6 Å². The Morgan fingerprint density at radius 2 is 1.78 bits per heavy atom. The van der Waals surface area contributed by atoms with E-state index in [4.69, 9.17) is 0 Å². The van der Waals surface area contributed by atoms with Crippen molar-refractivity contribution in [1.82, 2.24) is 4.67 Å². The van der Waals surface area contributed by atoms with E-state index in [-0.39, 0.29) is 11.8 Å². The van der Waals surface area contributed by atoms with E-state index >= 15 is 0 Å². The lowest BCUT2D eigenvalue weighted by molar-refractivity contribution is -0.132. The Hall–Kier alpha value is -0.430. The van der Waals surface area contributed by atoms with Gasteiger partial charge in [0.05, 0.1) is 0 Å². The van der Waals surface area contributed by atoms with E-state index < -0.39 is 0 Å². The van der Waals surface area contributed by atoms with Crippen molar-refractivity contribution in [2.75, 3.05) is 6.66 Å². The molecule has 0 aromatic rings. The largest absolute Gasteiger partial charge is 0.274 e. The number of amides is 2. The number of hydrogen-bond acceptors (Lipinski definition) is 2. The fraction of sp³-hybridized carbons (Fsp3) is 0.600. The van der Waals surface area contributed by atoms with Gasteiger partial charge in [-0.05, 0) is 15.4 Å². The molecule has 0 radical (unpaired) electrons. The Balaban J connectivity index is 2.66. The van der Waals surface area contributed by atoms with Gasteiger partial charge in [-0.2, -0.15) is 0 Å². The number of carbonyl (C=O) groups excluding carboxylic acids is 2. The van der Waals surface area contributed by atoms with Crippen LogP contribution in [0.1, 0.15) is 12.8 Å². The van der Waals surface area contributed by atoms with Crippen LogP contribution in [0.4, 0.5) is 0 Å². The van der Waals surface area contributed by atoms with Gasteiger partial charge < -0.3 is 0 Å². The molecular weight excluding hydrogens is 137 g/mol. The van der Waals surface area contributed by atoms with Crippen LogP contribution < -0.4 is 0 Å². The zero-order chi connectivity index (χ0) is 6.85. The first-order valence-corrected chi connectivity index (χ1v) is 4.23. The third-order valence-electron chi connectivity index (χ3n) is 1.28. The van der Waals surface area contributed by atoms with Crippen LogP contribution in [0.15, 0.2) is 0 Å². The van der Waals surface area contributed by atoms with Crippen LogP contribution in [-0.4, -0.2) is 23.1 Å². The van der Waals surface area contributed by atoms with E-state index in [9.17, 15) is 9.59 Å². The average Bonchev–Trinajstić information content (AvgIpc) is 2.12. The highest BCUT2D eigenvalue weighted by Crippen LogP contribution is 2.22. The molecule has 0 aliphatic carbocycles. The molecule has 9 heavy (non-hydrogen) atoms. The van der Waals surface area contributed by atoms with Crippen LogP contribution in [-0.2, 0) is 9.59 Å². The molecule has 1 saturated heterocycles. The molecule has 1 fully saturated rings. The molecule has 0 N–H and O–H groups in total. The highest BCUT2D eigenvalue weighted by Gasteiger charge is 2.26. The Labute approximate surface area is 55.2 Å². The lowest BCUT2D eigenvalue weighted by Crippen LogP contribution is -2.18. The first-order chi connectivity index (χ1) is 4.25. The van der Waals surface area contributed by atoms with Crippen molar-refractivity contribution in [2.24, 2.45) is 0 Å². The molecule has 2 amide bonds. The number of rotatable bonds is 1. The molecule has 1 rings (SSSR count). The first kappa shape index (κ1) is 6.69. The summed E-state index contributed by atoms with van der Waals surface area (Å²) in [6, 6.07) is 0. The van der Waals surface area contributed by atoms with Crippen molar-refractivity contribution < 1.29 is 9.59 Å². The summed E-state index contributed by atoms with van der Waals surface area (Å²) in [4.78, 5) is 21.5. The molecule has 0 spiro atoms. The van der Waals surface area contributed by atoms with Crippen LogP contribution in [0, 0.1) is 0 Å². The highest BCUT2D eigenvalue weighted by atomic mass is 31.1. The molecule has 1 aliphatic heterocycles. The molecule has 1 aliphatic rings. The summed E-state index contributed by atoms with van der Waals surface area (Å²) >= 11 is 0. The molecule has 1 atom stereocenters. The van der Waals surface area contributed by atoms with Crippen molar-refractivity contribution in [1.29, 1.82) is 0 Å². The van der Waals surface area contributed by atoms with Gasteiger partial charge in [-0.25, -0.2) is 0 Å². The minimum atomic E-state index is -0.0131. The summed E-state index contributed by atoms with van der Waals surface area (Å²) in [6.45, 7) is 1.83. The highest BCUT2D eigenvalue weighted by molar-refractivity contribution is 7.36. The lowest BCUT2D eigenvalue weighted by atomic mass is 10.4. The number of imide groups is 1. The van der Waals surface area contributed by atoms with E-state index in [2.05, 4.69) is 0 Å². The third-order valence-corrected chi connectivity index (χ3v) is 2.22. The smallest absolute Gasteiger partial charge is 0.232 e. The Kier molecular flexibility index (Phi) is 1.81. The van der Waals surface area contributed by atoms with Crippen LogP contribution in [0.5, 0.6) is 0 Å². The topological polar surface area (TPSA) is 37.4 Å². The standard InChI is InChI=1S/C5H8NO2P/c1-9-6-4(7)2-3-5(6)8/h9H,2-3H2,1H3. The average molecular weight is 145 g/mol.